The predicted molar refractivity (Wildman–Crippen MR) is 135 cm³/mol. The van der Waals surface area contributed by atoms with E-state index < -0.39 is 0 Å². The summed E-state index contributed by atoms with van der Waals surface area (Å²) in [7, 11) is 0. The molecule has 0 radical (unpaired) electrons. The minimum Gasteiger partial charge on any atom is -0.358 e. The van der Waals surface area contributed by atoms with Crippen LogP contribution in [0.5, 0.6) is 0 Å². The summed E-state index contributed by atoms with van der Waals surface area (Å²) in [6.07, 6.45) is 11.1. The van der Waals surface area contributed by atoms with E-state index in [2.05, 4.69) is 63.5 Å². The van der Waals surface area contributed by atoms with Crippen molar-refractivity contribution in [3.05, 3.63) is 54.7 Å². The first-order valence-corrected chi connectivity index (χ1v) is 12.6. The molecule has 6 rings (SSSR count). The Morgan fingerprint density at radius 2 is 2.06 bits per heavy atom. The third-order valence-electron chi connectivity index (χ3n) is 7.98. The minimum absolute atomic E-state index is 0.108. The molecule has 2 aromatic rings. The smallest absolute Gasteiger partial charge is 0.167 e. The zero-order valence-corrected chi connectivity index (χ0v) is 19.6. The predicted octanol–water partition coefficient (Wildman–Crippen LogP) is 3.91. The Labute approximate surface area is 196 Å². The first-order chi connectivity index (χ1) is 15.6. The van der Waals surface area contributed by atoms with Gasteiger partial charge in [-0.15, -0.1) is 6.58 Å². The molecule has 4 heterocycles. The largest absolute Gasteiger partial charge is 0.358 e. The van der Waals surface area contributed by atoms with Crippen molar-refractivity contribution in [3.63, 3.8) is 0 Å². The first-order valence-electron chi connectivity index (χ1n) is 12.2. The lowest BCUT2D eigenvalue weighted by Crippen LogP contribution is -2.59. The lowest BCUT2D eigenvalue weighted by Gasteiger charge is -2.52. The fourth-order valence-electron chi connectivity index (χ4n) is 6.18. The minimum atomic E-state index is 0.108. The third kappa shape index (κ3) is 4.28. The molecule has 3 saturated heterocycles. The van der Waals surface area contributed by atoms with Crippen LogP contribution in [0.1, 0.15) is 50.1 Å². The van der Waals surface area contributed by atoms with Crippen LogP contribution < -0.4 is 16.4 Å². The second-order valence-electron chi connectivity index (χ2n) is 9.81. The Morgan fingerprint density at radius 3 is 2.84 bits per heavy atom. The summed E-state index contributed by atoms with van der Waals surface area (Å²) in [6.45, 7) is 6.34. The van der Waals surface area contributed by atoms with Crippen molar-refractivity contribution in [2.24, 2.45) is 17.6 Å². The number of benzene rings is 1. The zero-order valence-electron chi connectivity index (χ0n) is 18.7. The highest BCUT2D eigenvalue weighted by Gasteiger charge is 2.43. The van der Waals surface area contributed by atoms with Crippen molar-refractivity contribution < 1.29 is 0 Å². The summed E-state index contributed by atoms with van der Waals surface area (Å²) < 4.78 is 0. The molecule has 7 atom stereocenters. The molecular weight excluding hydrogens is 414 g/mol. The van der Waals surface area contributed by atoms with E-state index in [1.165, 1.54) is 30.2 Å². The normalized spacial score (nSPS) is 32.9. The number of fused-ring (bicyclic) bond motifs is 4. The molecule has 1 aliphatic carbocycles. The van der Waals surface area contributed by atoms with E-state index in [0.29, 0.717) is 17.9 Å². The Bertz CT molecular complexity index is 972. The Balaban J connectivity index is 1.44. The Hall–Kier alpha value is -2.02. The molecule has 0 spiro atoms. The van der Waals surface area contributed by atoms with Crippen LogP contribution in [-0.4, -0.2) is 46.2 Å². The number of para-hydroxylation sites is 1. The summed E-state index contributed by atoms with van der Waals surface area (Å²) >= 11 is 5.86. The van der Waals surface area contributed by atoms with Gasteiger partial charge in [0, 0.05) is 36.3 Å². The van der Waals surface area contributed by atoms with Crippen molar-refractivity contribution in [3.8, 4) is 0 Å². The number of pyridine rings is 1. The molecule has 4 aliphatic rings. The molecule has 1 aromatic carbocycles. The standard InChI is InChI=1S/C26H35N5S/c1-2-17-16-31-14-12-18(17)15-24(31)25(20-11-13-28-22-9-5-3-7-19(20)22)30-26(32)29-23-10-6-4-8-21(23)27/h2-3,5,7,9,11,13,17-18,21,23-25H,1,4,6,8,10,12,14-16,27H2,(H2,29,30,32)/t17-,18-,21-,23-,24-,25-/m1/s1. The van der Waals surface area contributed by atoms with Crippen LogP contribution >= 0.6 is 12.2 Å². The highest BCUT2D eigenvalue weighted by Crippen LogP contribution is 2.42. The fraction of sp³-hybridized carbons (Fsp3) is 0.538. The van der Waals surface area contributed by atoms with Gasteiger partial charge in [0.05, 0.1) is 11.6 Å². The molecule has 1 unspecified atom stereocenters. The van der Waals surface area contributed by atoms with E-state index in [1.54, 1.807) is 0 Å². The van der Waals surface area contributed by atoms with Gasteiger partial charge in [0.2, 0.25) is 0 Å². The van der Waals surface area contributed by atoms with Crippen LogP contribution in [0.3, 0.4) is 0 Å². The van der Waals surface area contributed by atoms with Gasteiger partial charge in [-0.05, 0) is 74.0 Å². The maximum absolute atomic E-state index is 6.39. The van der Waals surface area contributed by atoms with Crippen molar-refractivity contribution in [2.45, 2.75) is 62.7 Å². The highest BCUT2D eigenvalue weighted by molar-refractivity contribution is 7.80. The molecule has 5 nitrogen and oxygen atoms in total. The summed E-state index contributed by atoms with van der Waals surface area (Å²) in [4.78, 5) is 7.25. The van der Waals surface area contributed by atoms with Crippen LogP contribution in [0.4, 0.5) is 0 Å². The number of nitrogens with zero attached hydrogens (tertiary/aromatic N) is 2. The van der Waals surface area contributed by atoms with Crippen molar-refractivity contribution >= 4 is 28.2 Å². The lowest BCUT2D eigenvalue weighted by molar-refractivity contribution is 0.00426. The molecule has 1 aromatic heterocycles. The maximum atomic E-state index is 6.39. The van der Waals surface area contributed by atoms with Gasteiger partial charge < -0.3 is 16.4 Å². The van der Waals surface area contributed by atoms with Crippen molar-refractivity contribution in [1.29, 1.82) is 0 Å². The summed E-state index contributed by atoms with van der Waals surface area (Å²) in [6, 6.07) is 11.5. The van der Waals surface area contributed by atoms with Crippen LogP contribution in [0.25, 0.3) is 10.9 Å². The molecule has 4 N–H and O–H groups in total. The van der Waals surface area contributed by atoms with Crippen LogP contribution in [0.15, 0.2) is 49.2 Å². The highest BCUT2D eigenvalue weighted by atomic mass is 32.1. The molecule has 1 saturated carbocycles. The van der Waals surface area contributed by atoms with E-state index in [4.69, 9.17) is 18.0 Å². The maximum Gasteiger partial charge on any atom is 0.167 e. The second kappa shape index (κ2) is 9.46. The summed E-state index contributed by atoms with van der Waals surface area (Å²) in [5, 5.41) is 9.24. The number of nitrogens with one attached hydrogen (secondary N) is 2. The lowest BCUT2D eigenvalue weighted by atomic mass is 9.73. The molecule has 6 heteroatoms. The van der Waals surface area contributed by atoms with Crippen molar-refractivity contribution in [1.82, 2.24) is 20.5 Å². The van der Waals surface area contributed by atoms with Gasteiger partial charge in [-0.2, -0.15) is 0 Å². The molecular formula is C26H35N5S. The van der Waals surface area contributed by atoms with Gasteiger partial charge in [-0.25, -0.2) is 0 Å². The monoisotopic (exact) mass is 449 g/mol. The quantitative estimate of drug-likeness (QED) is 0.475. The molecule has 3 aliphatic heterocycles. The van der Waals surface area contributed by atoms with E-state index in [-0.39, 0.29) is 18.1 Å². The van der Waals surface area contributed by atoms with E-state index >= 15 is 0 Å². The Kier molecular flexibility index (Phi) is 6.44. The second-order valence-corrected chi connectivity index (χ2v) is 10.2. The van der Waals surface area contributed by atoms with Crippen LogP contribution in [0.2, 0.25) is 0 Å². The van der Waals surface area contributed by atoms with Gasteiger partial charge in [0.15, 0.2) is 5.11 Å². The topological polar surface area (TPSA) is 66.2 Å². The number of piperidine rings is 3. The summed E-state index contributed by atoms with van der Waals surface area (Å²) in [5.74, 6) is 1.30. The first kappa shape index (κ1) is 21.8. The number of hydrogen-bond donors (Lipinski definition) is 3. The number of aromatic nitrogens is 1. The van der Waals surface area contributed by atoms with Gasteiger partial charge in [0.1, 0.15) is 0 Å². The zero-order chi connectivity index (χ0) is 22.1. The van der Waals surface area contributed by atoms with Gasteiger partial charge in [-0.3, -0.25) is 9.88 Å². The van der Waals surface area contributed by atoms with Gasteiger partial charge >= 0.3 is 0 Å². The van der Waals surface area contributed by atoms with Crippen LogP contribution in [0, 0.1) is 11.8 Å². The van der Waals surface area contributed by atoms with E-state index in [0.717, 1.165) is 43.0 Å². The Morgan fingerprint density at radius 1 is 1.22 bits per heavy atom. The molecule has 0 amide bonds. The van der Waals surface area contributed by atoms with Gasteiger partial charge in [-0.1, -0.05) is 37.1 Å². The molecule has 4 fully saturated rings. The molecule has 2 bridgehead atoms. The molecule has 32 heavy (non-hydrogen) atoms. The van der Waals surface area contributed by atoms with E-state index in [9.17, 15) is 0 Å². The fourth-order valence-corrected chi connectivity index (χ4v) is 6.46. The van der Waals surface area contributed by atoms with Crippen LogP contribution in [-0.2, 0) is 0 Å². The molecule has 170 valence electrons. The van der Waals surface area contributed by atoms with E-state index in [1.807, 2.05) is 6.20 Å². The average Bonchev–Trinajstić information content (AvgIpc) is 2.84. The SMILES string of the molecule is C=C[C@@H]1CN2CC[C@@H]1C[C@@H]2[C@H](NC(=S)N[C@@H]1CCCC[C@H]1N)c1ccnc2ccccc12. The third-order valence-corrected chi connectivity index (χ3v) is 8.21. The number of thiocarbonyl (C=S) groups is 1. The summed E-state index contributed by atoms with van der Waals surface area (Å²) in [5.41, 5.74) is 8.70. The number of rotatable bonds is 5. The number of nitrogens with two attached hydrogens (primary N) is 1. The van der Waals surface area contributed by atoms with Gasteiger partial charge in [0.25, 0.3) is 0 Å². The number of hydrogen-bond acceptors (Lipinski definition) is 4. The van der Waals surface area contributed by atoms with Crippen molar-refractivity contribution in [2.75, 3.05) is 13.1 Å². The average molecular weight is 450 g/mol.